The molecule has 0 aliphatic heterocycles. The first-order chi connectivity index (χ1) is 18.0. The number of amides is 2. The van der Waals surface area contributed by atoms with Crippen LogP contribution in [0.5, 0.6) is 11.5 Å². The fourth-order valence-electron chi connectivity index (χ4n) is 5.08. The predicted molar refractivity (Wildman–Crippen MR) is 140 cm³/mol. The monoisotopic (exact) mass is 506 g/mol. The van der Waals surface area contributed by atoms with Crippen molar-refractivity contribution in [2.45, 2.75) is 57.5 Å². The van der Waals surface area contributed by atoms with Crippen molar-refractivity contribution in [1.29, 1.82) is 0 Å². The van der Waals surface area contributed by atoms with Crippen molar-refractivity contribution in [2.24, 2.45) is 5.92 Å². The zero-order chi connectivity index (χ0) is 25.9. The Hall–Kier alpha value is -3.59. The summed E-state index contributed by atoms with van der Waals surface area (Å²) < 4.78 is 11.6. The second kappa shape index (κ2) is 10.8. The summed E-state index contributed by atoms with van der Waals surface area (Å²) in [6.07, 6.45) is 7.16. The second-order valence-electron chi connectivity index (χ2n) is 10.1. The molecule has 2 aliphatic rings. The van der Waals surface area contributed by atoms with Gasteiger partial charge < -0.3 is 30.2 Å². The van der Waals surface area contributed by atoms with Gasteiger partial charge in [-0.2, -0.15) is 0 Å². The van der Waals surface area contributed by atoms with Crippen molar-refractivity contribution in [3.05, 3.63) is 41.7 Å². The molecule has 9 nitrogen and oxygen atoms in total. The molecule has 2 saturated carbocycles. The Kier molecular flexibility index (Phi) is 7.32. The Bertz CT molecular complexity index is 1290. The number of aliphatic hydroxyl groups excluding tert-OH is 1. The molecule has 4 N–H and O–H groups in total. The molecular formula is C28H34N4O5. The number of aromatic nitrogens is 2. The van der Waals surface area contributed by atoms with Gasteiger partial charge >= 0.3 is 0 Å². The van der Waals surface area contributed by atoms with Gasteiger partial charge in [-0.25, -0.2) is 0 Å². The van der Waals surface area contributed by atoms with Gasteiger partial charge in [-0.15, -0.1) is 0 Å². The minimum absolute atomic E-state index is 0.0197. The van der Waals surface area contributed by atoms with Crippen molar-refractivity contribution in [3.8, 4) is 22.6 Å². The van der Waals surface area contributed by atoms with Crippen LogP contribution in [0.2, 0.25) is 0 Å². The number of carbonyl (C=O) groups is 2. The number of methoxy groups -OCH3 is 1. The van der Waals surface area contributed by atoms with E-state index in [4.69, 9.17) is 14.6 Å². The Morgan fingerprint density at radius 3 is 2.46 bits per heavy atom. The molecule has 0 bridgehead atoms. The summed E-state index contributed by atoms with van der Waals surface area (Å²) in [6.45, 7) is 2.06. The molecule has 2 amide bonds. The molecule has 9 heteroatoms. The minimum Gasteiger partial charge on any atom is -0.497 e. The Morgan fingerprint density at radius 1 is 1.05 bits per heavy atom. The zero-order valence-corrected chi connectivity index (χ0v) is 21.3. The maximum Gasteiger partial charge on any atom is 0.255 e. The molecule has 0 spiro atoms. The Labute approximate surface area is 216 Å². The van der Waals surface area contributed by atoms with Crippen LogP contribution >= 0.6 is 0 Å². The lowest BCUT2D eigenvalue weighted by atomic mass is 9.91. The van der Waals surface area contributed by atoms with E-state index in [1.165, 1.54) is 12.8 Å². The summed E-state index contributed by atoms with van der Waals surface area (Å²) in [5, 5.41) is 14.9. The lowest BCUT2D eigenvalue weighted by Gasteiger charge is -2.29. The summed E-state index contributed by atoms with van der Waals surface area (Å²) >= 11 is 0. The lowest BCUT2D eigenvalue weighted by Crippen LogP contribution is -2.44. The van der Waals surface area contributed by atoms with E-state index in [9.17, 15) is 9.59 Å². The van der Waals surface area contributed by atoms with Crippen LogP contribution in [0, 0.1) is 12.8 Å². The number of nitrogens with zero attached hydrogens (tertiary/aromatic N) is 1. The number of carbonyl (C=O) groups excluding carboxylic acids is 2. The highest BCUT2D eigenvalue weighted by Crippen LogP contribution is 2.39. The number of pyridine rings is 1. The number of H-pyrrole nitrogens is 1. The molecule has 0 atom stereocenters. The molecule has 37 heavy (non-hydrogen) atoms. The van der Waals surface area contributed by atoms with Crippen LogP contribution in [0.1, 0.15) is 54.6 Å². The van der Waals surface area contributed by atoms with E-state index in [1.807, 2.05) is 31.2 Å². The number of hydrogen-bond donors (Lipinski definition) is 4. The molecule has 2 aromatic heterocycles. The number of nitrogens with one attached hydrogen (secondary N) is 3. The molecule has 2 fully saturated rings. The highest BCUT2D eigenvalue weighted by Gasteiger charge is 2.27. The molecule has 5 rings (SSSR count). The van der Waals surface area contributed by atoms with E-state index in [0.29, 0.717) is 23.6 Å². The minimum atomic E-state index is -0.504. The molecule has 0 radical (unpaired) electrons. The molecule has 2 aliphatic carbocycles. The number of fused-ring (bicyclic) bond motifs is 1. The number of rotatable bonds is 9. The average Bonchev–Trinajstić information content (AvgIpc) is 3.67. The number of aromatic amines is 1. The largest absolute Gasteiger partial charge is 0.497 e. The summed E-state index contributed by atoms with van der Waals surface area (Å²) in [7, 11) is 1.64. The predicted octanol–water partition coefficient (Wildman–Crippen LogP) is 3.49. The molecule has 2 heterocycles. The van der Waals surface area contributed by atoms with Crippen LogP contribution in [0.3, 0.4) is 0 Å². The number of ether oxygens (including phenoxy) is 2. The zero-order valence-electron chi connectivity index (χ0n) is 21.3. The van der Waals surface area contributed by atoms with E-state index < -0.39 is 6.61 Å². The molecule has 196 valence electrons. The van der Waals surface area contributed by atoms with Gasteiger partial charge in [0, 0.05) is 41.2 Å². The van der Waals surface area contributed by atoms with Gasteiger partial charge in [-0.05, 0) is 69.6 Å². The first-order valence-electron chi connectivity index (χ1n) is 13.0. The average molecular weight is 507 g/mol. The van der Waals surface area contributed by atoms with Crippen molar-refractivity contribution >= 4 is 22.8 Å². The molecular weight excluding hydrogens is 472 g/mol. The van der Waals surface area contributed by atoms with Crippen LogP contribution in [0.25, 0.3) is 22.2 Å². The van der Waals surface area contributed by atoms with Crippen LogP contribution in [-0.2, 0) is 4.79 Å². The number of hydrogen-bond acceptors (Lipinski definition) is 6. The van der Waals surface area contributed by atoms with Gasteiger partial charge in [-0.3, -0.25) is 14.6 Å². The summed E-state index contributed by atoms with van der Waals surface area (Å²) in [4.78, 5) is 32.8. The normalized spacial score (nSPS) is 19.4. The lowest BCUT2D eigenvalue weighted by molar-refractivity contribution is -0.124. The highest BCUT2D eigenvalue weighted by atomic mass is 16.5. The van der Waals surface area contributed by atoms with Crippen LogP contribution in [-0.4, -0.2) is 59.3 Å². The third-order valence-corrected chi connectivity index (χ3v) is 7.32. The highest BCUT2D eigenvalue weighted by molar-refractivity contribution is 6.09. The Balaban J connectivity index is 1.37. The summed E-state index contributed by atoms with van der Waals surface area (Å²) in [5.74, 6) is 1.58. The van der Waals surface area contributed by atoms with Gasteiger partial charge in [0.25, 0.3) is 5.91 Å². The topological polar surface area (TPSA) is 126 Å². The maximum absolute atomic E-state index is 13.4. The fraction of sp³-hybridized carbons (Fsp3) is 0.464. The standard InChI is InChI=1S/C28H34N4O5/c1-16-25(28(35)32-19-7-5-18(6-8-19)31-24(34)14-33)27-26(30-16)22(11-12-29-27)21-10-9-20(36-2)13-23(21)37-15-17-3-4-17/h9-13,17-19,30,33H,3-8,14-15H2,1-2H3,(H,31,34)(H,32,35). The summed E-state index contributed by atoms with van der Waals surface area (Å²) in [5.41, 5.74) is 4.56. The SMILES string of the molecule is COc1ccc(-c2ccnc3c(C(=O)NC4CCC(NC(=O)CO)CC4)c(C)[nH]c23)c(OCC2CC2)c1. The van der Waals surface area contributed by atoms with Crippen LogP contribution < -0.4 is 20.1 Å². The van der Waals surface area contributed by atoms with Crippen molar-refractivity contribution in [1.82, 2.24) is 20.6 Å². The molecule has 1 aromatic carbocycles. The van der Waals surface area contributed by atoms with Crippen LogP contribution in [0.15, 0.2) is 30.5 Å². The van der Waals surface area contributed by atoms with E-state index in [0.717, 1.165) is 59.5 Å². The van der Waals surface area contributed by atoms with Gasteiger partial charge in [0.1, 0.15) is 23.6 Å². The molecule has 0 unspecified atom stereocenters. The third-order valence-electron chi connectivity index (χ3n) is 7.32. The van der Waals surface area contributed by atoms with Gasteiger partial charge in [0.2, 0.25) is 5.91 Å². The van der Waals surface area contributed by atoms with E-state index in [1.54, 1.807) is 13.3 Å². The van der Waals surface area contributed by atoms with E-state index >= 15 is 0 Å². The van der Waals surface area contributed by atoms with Crippen molar-refractivity contribution in [3.63, 3.8) is 0 Å². The third kappa shape index (κ3) is 5.56. The van der Waals surface area contributed by atoms with E-state index in [2.05, 4.69) is 20.6 Å². The number of aliphatic hydroxyl groups is 1. The van der Waals surface area contributed by atoms with Gasteiger partial charge in [0.15, 0.2) is 0 Å². The first kappa shape index (κ1) is 25.1. The fourth-order valence-corrected chi connectivity index (χ4v) is 5.08. The van der Waals surface area contributed by atoms with Crippen molar-refractivity contribution < 1.29 is 24.2 Å². The van der Waals surface area contributed by atoms with Gasteiger partial charge in [-0.1, -0.05) is 0 Å². The van der Waals surface area contributed by atoms with E-state index in [-0.39, 0.29) is 23.9 Å². The maximum atomic E-state index is 13.4. The smallest absolute Gasteiger partial charge is 0.255 e. The first-order valence-corrected chi connectivity index (χ1v) is 13.0. The van der Waals surface area contributed by atoms with Crippen molar-refractivity contribution in [2.75, 3.05) is 20.3 Å². The molecule has 3 aromatic rings. The number of aryl methyl sites for hydroxylation is 1. The molecule has 0 saturated heterocycles. The second-order valence-corrected chi connectivity index (χ2v) is 10.1. The number of benzene rings is 1. The summed E-state index contributed by atoms with van der Waals surface area (Å²) in [6, 6.07) is 7.80. The quantitative estimate of drug-likeness (QED) is 0.352. The van der Waals surface area contributed by atoms with Crippen LogP contribution in [0.4, 0.5) is 0 Å². The Morgan fingerprint density at radius 2 is 1.78 bits per heavy atom. The van der Waals surface area contributed by atoms with Gasteiger partial charge in [0.05, 0.1) is 24.8 Å².